The number of aromatic nitrogens is 5. The van der Waals surface area contributed by atoms with Gasteiger partial charge in [-0.2, -0.15) is 0 Å². The Morgan fingerprint density at radius 2 is 2.43 bits per heavy atom. The number of likely N-dealkylation sites (tertiary alicyclic amines) is 1. The summed E-state index contributed by atoms with van der Waals surface area (Å²) in [7, 11) is 0. The first kappa shape index (κ1) is 14.1. The number of carbonyl (C=O) groups is 1. The molecule has 0 unspecified atom stereocenters. The van der Waals surface area contributed by atoms with Crippen molar-refractivity contribution in [2.75, 3.05) is 13.1 Å². The number of carbonyl (C=O) groups excluding carboxylic acids is 1. The second kappa shape index (κ2) is 6.26. The van der Waals surface area contributed by atoms with Crippen molar-refractivity contribution in [1.82, 2.24) is 30.0 Å². The molecule has 1 fully saturated rings. The monoisotopic (exact) mass is 308 g/mol. The Kier molecular flexibility index (Phi) is 4.19. The lowest BCUT2D eigenvalue weighted by Gasteiger charge is -2.31. The first-order valence-corrected chi connectivity index (χ1v) is 7.44. The fourth-order valence-electron chi connectivity index (χ4n) is 2.69. The Bertz CT molecular complexity index is 596. The minimum atomic E-state index is 0.138. The molecule has 3 heterocycles. The summed E-state index contributed by atoms with van der Waals surface area (Å²) in [6, 6.07) is 0. The van der Waals surface area contributed by atoms with Gasteiger partial charge in [0.2, 0.25) is 11.2 Å². The van der Waals surface area contributed by atoms with Crippen LogP contribution in [-0.2, 0) is 11.2 Å². The third-order valence-electron chi connectivity index (χ3n) is 3.76. The second-order valence-electron chi connectivity index (χ2n) is 5.20. The third kappa shape index (κ3) is 3.41. The van der Waals surface area contributed by atoms with Crippen molar-refractivity contribution >= 4 is 17.5 Å². The number of piperidine rings is 1. The van der Waals surface area contributed by atoms with Gasteiger partial charge in [0.15, 0.2) is 0 Å². The molecule has 21 heavy (non-hydrogen) atoms. The van der Waals surface area contributed by atoms with Gasteiger partial charge in [0.1, 0.15) is 11.6 Å². The molecule has 1 aliphatic rings. The number of H-pyrrole nitrogens is 2. The quantitative estimate of drug-likeness (QED) is 0.896. The molecule has 0 aliphatic carbocycles. The third-order valence-corrected chi connectivity index (χ3v) is 3.93. The highest BCUT2D eigenvalue weighted by atomic mass is 35.5. The molecule has 0 radical (unpaired) electrons. The van der Waals surface area contributed by atoms with Gasteiger partial charge in [-0.15, -0.1) is 5.10 Å². The van der Waals surface area contributed by atoms with Crippen LogP contribution in [0, 0.1) is 0 Å². The van der Waals surface area contributed by atoms with Crippen molar-refractivity contribution < 1.29 is 4.79 Å². The number of imidazole rings is 1. The van der Waals surface area contributed by atoms with E-state index in [2.05, 4.69) is 25.1 Å². The molecule has 0 bridgehead atoms. The molecule has 3 rings (SSSR count). The molecule has 0 spiro atoms. The lowest BCUT2D eigenvalue weighted by Crippen LogP contribution is -2.39. The minimum Gasteiger partial charge on any atom is -0.348 e. The van der Waals surface area contributed by atoms with Crippen molar-refractivity contribution in [3.63, 3.8) is 0 Å². The summed E-state index contributed by atoms with van der Waals surface area (Å²) >= 11 is 5.64. The van der Waals surface area contributed by atoms with Gasteiger partial charge in [0.25, 0.3) is 0 Å². The van der Waals surface area contributed by atoms with E-state index in [4.69, 9.17) is 11.6 Å². The normalized spacial score (nSPS) is 18.9. The molecule has 112 valence electrons. The summed E-state index contributed by atoms with van der Waals surface area (Å²) in [5, 5.41) is 6.65. The van der Waals surface area contributed by atoms with Crippen molar-refractivity contribution in [3.05, 3.63) is 29.3 Å². The summed E-state index contributed by atoms with van der Waals surface area (Å²) in [5.74, 6) is 2.05. The van der Waals surface area contributed by atoms with Crippen LogP contribution < -0.4 is 0 Å². The predicted octanol–water partition coefficient (Wildman–Crippen LogP) is 1.52. The first-order chi connectivity index (χ1) is 10.2. The Balaban J connectivity index is 1.54. The molecular formula is C13H17ClN6O. The number of nitrogens with zero attached hydrogens (tertiary/aromatic N) is 4. The average Bonchev–Trinajstić information content (AvgIpc) is 3.16. The van der Waals surface area contributed by atoms with Crippen molar-refractivity contribution in [1.29, 1.82) is 0 Å². The topological polar surface area (TPSA) is 90.6 Å². The van der Waals surface area contributed by atoms with Crippen LogP contribution in [-0.4, -0.2) is 49.0 Å². The van der Waals surface area contributed by atoms with Crippen molar-refractivity contribution in [3.8, 4) is 0 Å². The number of amides is 1. The molecule has 1 saturated heterocycles. The molecule has 0 saturated carbocycles. The highest BCUT2D eigenvalue weighted by molar-refractivity contribution is 6.28. The highest BCUT2D eigenvalue weighted by Crippen LogP contribution is 2.24. The van der Waals surface area contributed by atoms with E-state index in [1.165, 1.54) is 0 Å². The minimum absolute atomic E-state index is 0.138. The van der Waals surface area contributed by atoms with Gasteiger partial charge in [-0.25, -0.2) is 9.97 Å². The number of nitrogens with one attached hydrogen (secondary N) is 2. The summed E-state index contributed by atoms with van der Waals surface area (Å²) in [4.78, 5) is 25.6. The Morgan fingerprint density at radius 1 is 1.52 bits per heavy atom. The van der Waals surface area contributed by atoms with E-state index in [0.717, 1.165) is 31.8 Å². The maximum atomic E-state index is 12.3. The summed E-state index contributed by atoms with van der Waals surface area (Å²) in [6.45, 7) is 1.54. The van der Waals surface area contributed by atoms with E-state index in [0.29, 0.717) is 24.6 Å². The second-order valence-corrected chi connectivity index (χ2v) is 5.54. The van der Waals surface area contributed by atoms with Crippen molar-refractivity contribution in [2.24, 2.45) is 0 Å². The fraction of sp³-hybridized carbons (Fsp3) is 0.538. The van der Waals surface area contributed by atoms with Crippen LogP contribution in [0.2, 0.25) is 5.28 Å². The molecule has 2 N–H and O–H groups in total. The maximum Gasteiger partial charge on any atom is 0.242 e. The summed E-state index contributed by atoms with van der Waals surface area (Å²) < 4.78 is 0. The van der Waals surface area contributed by atoms with Gasteiger partial charge in [0, 0.05) is 44.2 Å². The van der Waals surface area contributed by atoms with Crippen LogP contribution in [0.15, 0.2) is 12.4 Å². The zero-order valence-electron chi connectivity index (χ0n) is 11.5. The Morgan fingerprint density at radius 3 is 3.14 bits per heavy atom. The molecule has 1 aliphatic heterocycles. The molecule has 1 atom stereocenters. The van der Waals surface area contributed by atoms with Gasteiger partial charge in [-0.3, -0.25) is 9.89 Å². The Labute approximate surface area is 127 Å². The first-order valence-electron chi connectivity index (χ1n) is 7.06. The van der Waals surface area contributed by atoms with Gasteiger partial charge in [0.05, 0.1) is 0 Å². The van der Waals surface area contributed by atoms with Crippen LogP contribution in [0.4, 0.5) is 0 Å². The standard InChI is InChI=1S/C13H17ClN6O/c14-13-17-10(18-19-13)3-4-11(21)20-7-1-2-9(8-20)12-15-5-6-16-12/h5-6,9H,1-4,7-8H2,(H,15,16)(H,17,18,19)/t9-/m0/s1. The molecule has 1 amide bonds. The highest BCUT2D eigenvalue weighted by Gasteiger charge is 2.25. The fourth-order valence-corrected chi connectivity index (χ4v) is 2.84. The van der Waals surface area contributed by atoms with E-state index in [1.807, 2.05) is 11.1 Å². The molecule has 0 aromatic carbocycles. The average molecular weight is 309 g/mol. The lowest BCUT2D eigenvalue weighted by atomic mass is 9.97. The number of hydrogen-bond acceptors (Lipinski definition) is 4. The maximum absolute atomic E-state index is 12.3. The van der Waals surface area contributed by atoms with E-state index in [-0.39, 0.29) is 11.2 Å². The van der Waals surface area contributed by atoms with Crippen LogP contribution in [0.25, 0.3) is 0 Å². The van der Waals surface area contributed by atoms with E-state index < -0.39 is 0 Å². The zero-order chi connectivity index (χ0) is 14.7. The van der Waals surface area contributed by atoms with Crippen LogP contribution in [0.3, 0.4) is 0 Å². The van der Waals surface area contributed by atoms with E-state index in [9.17, 15) is 4.79 Å². The summed E-state index contributed by atoms with van der Waals surface area (Å²) in [5.41, 5.74) is 0. The zero-order valence-corrected chi connectivity index (χ0v) is 12.3. The van der Waals surface area contributed by atoms with Gasteiger partial charge < -0.3 is 9.88 Å². The predicted molar refractivity (Wildman–Crippen MR) is 76.9 cm³/mol. The molecule has 7 nitrogen and oxygen atoms in total. The number of halogens is 1. The number of hydrogen-bond donors (Lipinski definition) is 2. The van der Waals surface area contributed by atoms with Gasteiger partial charge in [-0.1, -0.05) is 0 Å². The smallest absolute Gasteiger partial charge is 0.242 e. The number of aryl methyl sites for hydroxylation is 1. The molecule has 8 heteroatoms. The van der Waals surface area contributed by atoms with E-state index >= 15 is 0 Å². The lowest BCUT2D eigenvalue weighted by molar-refractivity contribution is -0.132. The van der Waals surface area contributed by atoms with Crippen LogP contribution in [0.5, 0.6) is 0 Å². The van der Waals surface area contributed by atoms with Crippen LogP contribution >= 0.6 is 11.6 Å². The Hall–Kier alpha value is -1.89. The van der Waals surface area contributed by atoms with Crippen LogP contribution in [0.1, 0.15) is 36.8 Å². The molecule has 2 aromatic rings. The molecular weight excluding hydrogens is 292 g/mol. The summed E-state index contributed by atoms with van der Waals surface area (Å²) in [6.07, 6.45) is 6.59. The number of aromatic amines is 2. The van der Waals surface area contributed by atoms with Crippen molar-refractivity contribution in [2.45, 2.75) is 31.6 Å². The SMILES string of the molecule is O=C(CCc1nc(Cl)n[nH]1)N1CCC[C@H](c2ncc[nH]2)C1. The molecule has 2 aromatic heterocycles. The van der Waals surface area contributed by atoms with Gasteiger partial charge >= 0.3 is 0 Å². The van der Waals surface area contributed by atoms with E-state index in [1.54, 1.807) is 6.20 Å². The largest absolute Gasteiger partial charge is 0.348 e. The van der Waals surface area contributed by atoms with Gasteiger partial charge in [-0.05, 0) is 24.4 Å². The number of rotatable bonds is 4.